The summed E-state index contributed by atoms with van der Waals surface area (Å²) in [6.07, 6.45) is 0.330. The number of nitrogens with two attached hydrogens (primary N) is 1. The lowest BCUT2D eigenvalue weighted by Gasteiger charge is -1.99. The summed E-state index contributed by atoms with van der Waals surface area (Å²) in [5, 5.41) is 2.67. The quantitative estimate of drug-likeness (QED) is 0.645. The van der Waals surface area contributed by atoms with Crippen molar-refractivity contribution in [2.24, 2.45) is 5.73 Å². The van der Waals surface area contributed by atoms with Gasteiger partial charge in [-0.05, 0) is 23.8 Å². The van der Waals surface area contributed by atoms with Crippen LogP contribution < -0.4 is 11.1 Å². The van der Waals surface area contributed by atoms with Crippen molar-refractivity contribution in [2.75, 3.05) is 5.32 Å². The second-order valence-electron chi connectivity index (χ2n) is 2.96. The molecule has 0 unspecified atom stereocenters. The summed E-state index contributed by atoms with van der Waals surface area (Å²) in [5.74, 6) is -0.515. The van der Waals surface area contributed by atoms with Crippen LogP contribution in [-0.4, -0.2) is 11.8 Å². The molecule has 2 amide bonds. The number of primary amides is 1. The van der Waals surface area contributed by atoms with E-state index in [1.165, 1.54) is 0 Å². The molecule has 3 N–H and O–H groups in total. The summed E-state index contributed by atoms with van der Waals surface area (Å²) < 4.78 is 0. The zero-order valence-electron chi connectivity index (χ0n) is 6.83. The fourth-order valence-corrected chi connectivity index (χ4v) is 1.38. The molecule has 0 saturated carbocycles. The number of carbonyl (C=O) groups excluding carboxylic acids is 2. The highest BCUT2D eigenvalue weighted by molar-refractivity contribution is 6.01. The molecule has 2 rings (SSSR count). The summed E-state index contributed by atoms with van der Waals surface area (Å²) in [5.41, 5.74) is 7.15. The maximum absolute atomic E-state index is 11.0. The van der Waals surface area contributed by atoms with Gasteiger partial charge < -0.3 is 11.1 Å². The summed E-state index contributed by atoms with van der Waals surface area (Å²) in [6.45, 7) is 0. The number of hydrogen-bond donors (Lipinski definition) is 2. The predicted octanol–water partition coefficient (Wildman–Crippen LogP) is 0.280. The number of nitrogens with one attached hydrogen (secondary N) is 1. The molecule has 0 saturated heterocycles. The first-order valence-corrected chi connectivity index (χ1v) is 3.89. The summed E-state index contributed by atoms with van der Waals surface area (Å²) in [7, 11) is 0. The zero-order valence-corrected chi connectivity index (χ0v) is 6.83. The number of anilines is 1. The van der Waals surface area contributed by atoms with Crippen molar-refractivity contribution in [3.63, 3.8) is 0 Å². The Morgan fingerprint density at radius 2 is 2.23 bits per heavy atom. The molecule has 1 aliphatic heterocycles. The van der Waals surface area contributed by atoms with Crippen LogP contribution in [0.2, 0.25) is 0 Å². The molecule has 1 aromatic rings. The van der Waals surface area contributed by atoms with Crippen LogP contribution in [0.25, 0.3) is 0 Å². The standard InChI is InChI=1S/C9H8N2O2/c10-9(13)5-1-2-7-6(3-5)4-8(12)11-7/h1-3H,4H2,(H2,10,13)(H,11,12). The maximum Gasteiger partial charge on any atom is 0.248 e. The lowest BCUT2D eigenvalue weighted by Crippen LogP contribution is -2.10. The van der Waals surface area contributed by atoms with Gasteiger partial charge in [-0.2, -0.15) is 0 Å². The highest BCUT2D eigenvalue weighted by Crippen LogP contribution is 2.23. The Hall–Kier alpha value is -1.84. The van der Waals surface area contributed by atoms with Crippen LogP contribution in [0.1, 0.15) is 15.9 Å². The molecule has 1 aromatic carbocycles. The zero-order chi connectivity index (χ0) is 9.42. The predicted molar refractivity (Wildman–Crippen MR) is 47.3 cm³/mol. The molecule has 0 atom stereocenters. The first kappa shape index (κ1) is 7.79. The summed E-state index contributed by atoms with van der Waals surface area (Å²) >= 11 is 0. The fraction of sp³-hybridized carbons (Fsp3) is 0.111. The van der Waals surface area contributed by atoms with Gasteiger partial charge in [0.15, 0.2) is 0 Å². The Balaban J connectivity index is 2.45. The highest BCUT2D eigenvalue weighted by Gasteiger charge is 2.18. The minimum Gasteiger partial charge on any atom is -0.366 e. The van der Waals surface area contributed by atoms with Gasteiger partial charge in [-0.3, -0.25) is 9.59 Å². The molecule has 4 nitrogen and oxygen atoms in total. The molecule has 0 bridgehead atoms. The first-order valence-electron chi connectivity index (χ1n) is 3.89. The smallest absolute Gasteiger partial charge is 0.248 e. The molecule has 0 fully saturated rings. The van der Waals surface area contributed by atoms with Crippen LogP contribution in [0.3, 0.4) is 0 Å². The van der Waals surface area contributed by atoms with Crippen LogP contribution in [0.4, 0.5) is 5.69 Å². The molecule has 0 radical (unpaired) electrons. The monoisotopic (exact) mass is 176 g/mol. The van der Waals surface area contributed by atoms with Crippen molar-refractivity contribution in [3.8, 4) is 0 Å². The Bertz CT molecular complexity index is 399. The molecule has 13 heavy (non-hydrogen) atoms. The molecule has 66 valence electrons. The molecular formula is C9H8N2O2. The van der Waals surface area contributed by atoms with Gasteiger partial charge in [0.05, 0.1) is 6.42 Å². The van der Waals surface area contributed by atoms with Crippen molar-refractivity contribution in [1.29, 1.82) is 0 Å². The number of hydrogen-bond acceptors (Lipinski definition) is 2. The molecule has 1 heterocycles. The van der Waals surface area contributed by atoms with Crippen LogP contribution in [0.5, 0.6) is 0 Å². The van der Waals surface area contributed by atoms with E-state index in [1.54, 1.807) is 18.2 Å². The van der Waals surface area contributed by atoms with Crippen molar-refractivity contribution >= 4 is 17.5 Å². The molecule has 0 aliphatic carbocycles. The number of carbonyl (C=O) groups is 2. The van der Waals surface area contributed by atoms with Gasteiger partial charge in [0.1, 0.15) is 0 Å². The Kier molecular flexibility index (Phi) is 1.55. The minimum atomic E-state index is -0.470. The van der Waals surface area contributed by atoms with E-state index in [-0.39, 0.29) is 5.91 Å². The van der Waals surface area contributed by atoms with Crippen LogP contribution in [0.15, 0.2) is 18.2 Å². The van der Waals surface area contributed by atoms with Gasteiger partial charge in [-0.1, -0.05) is 0 Å². The Morgan fingerprint density at radius 3 is 2.92 bits per heavy atom. The van der Waals surface area contributed by atoms with E-state index in [9.17, 15) is 9.59 Å². The van der Waals surface area contributed by atoms with Crippen molar-refractivity contribution in [2.45, 2.75) is 6.42 Å². The van der Waals surface area contributed by atoms with Gasteiger partial charge in [0.2, 0.25) is 11.8 Å². The molecular weight excluding hydrogens is 168 g/mol. The number of amides is 2. The normalized spacial score (nSPS) is 13.7. The van der Waals surface area contributed by atoms with Crippen molar-refractivity contribution < 1.29 is 9.59 Å². The third-order valence-electron chi connectivity index (χ3n) is 2.01. The van der Waals surface area contributed by atoms with Gasteiger partial charge in [0.25, 0.3) is 0 Å². The first-order chi connectivity index (χ1) is 6.16. The van der Waals surface area contributed by atoms with E-state index in [0.717, 1.165) is 11.3 Å². The van der Waals surface area contributed by atoms with Gasteiger partial charge in [-0.25, -0.2) is 0 Å². The van der Waals surface area contributed by atoms with E-state index in [4.69, 9.17) is 5.73 Å². The average molecular weight is 176 g/mol. The minimum absolute atomic E-state index is 0.0448. The molecule has 1 aliphatic rings. The average Bonchev–Trinajstić information content (AvgIpc) is 2.42. The fourth-order valence-electron chi connectivity index (χ4n) is 1.38. The maximum atomic E-state index is 11.0. The number of benzene rings is 1. The van der Waals surface area contributed by atoms with Gasteiger partial charge in [-0.15, -0.1) is 0 Å². The van der Waals surface area contributed by atoms with Crippen LogP contribution >= 0.6 is 0 Å². The van der Waals surface area contributed by atoms with E-state index in [0.29, 0.717) is 12.0 Å². The highest BCUT2D eigenvalue weighted by atomic mass is 16.2. The molecule has 4 heteroatoms. The second-order valence-corrected chi connectivity index (χ2v) is 2.96. The van der Waals surface area contributed by atoms with Gasteiger partial charge in [0, 0.05) is 11.3 Å². The van der Waals surface area contributed by atoms with Crippen molar-refractivity contribution in [3.05, 3.63) is 29.3 Å². The number of fused-ring (bicyclic) bond motifs is 1. The third kappa shape index (κ3) is 1.26. The summed E-state index contributed by atoms with van der Waals surface area (Å²) in [4.78, 5) is 21.8. The number of rotatable bonds is 1. The molecule has 0 spiro atoms. The third-order valence-corrected chi connectivity index (χ3v) is 2.01. The lowest BCUT2D eigenvalue weighted by molar-refractivity contribution is -0.115. The van der Waals surface area contributed by atoms with Crippen LogP contribution in [-0.2, 0) is 11.2 Å². The van der Waals surface area contributed by atoms with E-state index < -0.39 is 5.91 Å². The largest absolute Gasteiger partial charge is 0.366 e. The van der Waals surface area contributed by atoms with Crippen LogP contribution in [0, 0.1) is 0 Å². The lowest BCUT2D eigenvalue weighted by atomic mass is 10.1. The summed E-state index contributed by atoms with van der Waals surface area (Å²) in [6, 6.07) is 4.95. The Morgan fingerprint density at radius 1 is 1.46 bits per heavy atom. The SMILES string of the molecule is NC(=O)c1ccc2c(c1)CC(=O)N2. The van der Waals surface area contributed by atoms with E-state index in [1.807, 2.05) is 0 Å². The van der Waals surface area contributed by atoms with Gasteiger partial charge >= 0.3 is 0 Å². The topological polar surface area (TPSA) is 72.2 Å². The van der Waals surface area contributed by atoms with E-state index >= 15 is 0 Å². The van der Waals surface area contributed by atoms with Crippen molar-refractivity contribution in [1.82, 2.24) is 0 Å². The second kappa shape index (κ2) is 2.58. The molecule has 0 aromatic heterocycles. The van der Waals surface area contributed by atoms with E-state index in [2.05, 4.69) is 5.32 Å². The Labute approximate surface area is 74.7 Å².